The Labute approximate surface area is 116 Å². The summed E-state index contributed by atoms with van der Waals surface area (Å²) in [7, 11) is 1.65. The van der Waals surface area contributed by atoms with Crippen LogP contribution in [0.1, 0.15) is 13.8 Å². The van der Waals surface area contributed by atoms with Gasteiger partial charge in [-0.3, -0.25) is 15.1 Å². The molecule has 2 rings (SSSR count). The van der Waals surface area contributed by atoms with Crippen LogP contribution in [0.25, 0.3) is 10.9 Å². The fourth-order valence-corrected chi connectivity index (χ4v) is 1.84. The van der Waals surface area contributed by atoms with Gasteiger partial charge in [0.2, 0.25) is 0 Å². The van der Waals surface area contributed by atoms with Crippen molar-refractivity contribution in [3.8, 4) is 0 Å². The first kappa shape index (κ1) is 14.2. The molecular weight excluding hydrogens is 258 g/mol. The summed E-state index contributed by atoms with van der Waals surface area (Å²) in [6.07, 6.45) is 1.62. The number of nitro groups is 1. The minimum Gasteiger partial charge on any atom is -0.380 e. The quantitative estimate of drug-likeness (QED) is 0.670. The number of nitro benzene ring substituents is 1. The van der Waals surface area contributed by atoms with Crippen molar-refractivity contribution in [1.82, 2.24) is 4.98 Å². The first-order valence-electron chi connectivity index (χ1n) is 6.26. The zero-order chi connectivity index (χ0) is 14.8. The molecule has 0 aliphatic heterocycles. The maximum Gasteiger partial charge on any atom is 0.278 e. The second kappa shape index (κ2) is 5.42. The molecule has 1 aromatic carbocycles. The van der Waals surface area contributed by atoms with E-state index in [-0.39, 0.29) is 11.3 Å². The largest absolute Gasteiger partial charge is 0.380 e. The zero-order valence-electron chi connectivity index (χ0n) is 11.7. The van der Waals surface area contributed by atoms with Gasteiger partial charge >= 0.3 is 0 Å². The van der Waals surface area contributed by atoms with Gasteiger partial charge in [-0.1, -0.05) is 0 Å². The number of anilines is 1. The van der Waals surface area contributed by atoms with E-state index in [9.17, 15) is 10.1 Å². The van der Waals surface area contributed by atoms with E-state index in [2.05, 4.69) is 10.3 Å². The minimum atomic E-state index is -0.396. The molecule has 6 heteroatoms. The number of nitrogens with one attached hydrogen (secondary N) is 1. The Morgan fingerprint density at radius 3 is 2.80 bits per heavy atom. The number of rotatable bonds is 5. The van der Waals surface area contributed by atoms with Crippen molar-refractivity contribution in [2.24, 2.45) is 0 Å². The average Bonchev–Trinajstić information content (AvgIpc) is 2.44. The highest BCUT2D eigenvalue weighted by molar-refractivity contribution is 5.96. The molecule has 0 fully saturated rings. The lowest BCUT2D eigenvalue weighted by Gasteiger charge is -2.24. The van der Waals surface area contributed by atoms with E-state index in [0.29, 0.717) is 17.4 Å². The molecule has 6 nitrogen and oxygen atoms in total. The maximum atomic E-state index is 11.0. The Balaban J connectivity index is 2.41. The molecule has 1 heterocycles. The van der Waals surface area contributed by atoms with E-state index in [1.54, 1.807) is 31.5 Å². The fraction of sp³-hybridized carbons (Fsp3) is 0.357. The molecule has 0 aliphatic carbocycles. The van der Waals surface area contributed by atoms with Crippen LogP contribution in [0.15, 0.2) is 30.5 Å². The fourth-order valence-electron chi connectivity index (χ4n) is 1.84. The number of non-ortho nitro benzene ring substituents is 1. The third kappa shape index (κ3) is 2.85. The standard InChI is InChI=1S/C14H17N3O3/c1-14(2,20-3)9-16-11-6-7-12(17(18)19)10-5-4-8-15-13(10)11/h4-8,16H,9H2,1-3H3. The van der Waals surface area contributed by atoms with Crippen molar-refractivity contribution >= 4 is 22.3 Å². The van der Waals surface area contributed by atoms with Crippen LogP contribution in [-0.4, -0.2) is 29.2 Å². The molecule has 106 valence electrons. The Hall–Kier alpha value is -2.21. The third-order valence-electron chi connectivity index (χ3n) is 3.20. The first-order chi connectivity index (χ1) is 9.44. The van der Waals surface area contributed by atoms with Crippen LogP contribution in [0.3, 0.4) is 0 Å². The monoisotopic (exact) mass is 275 g/mol. The van der Waals surface area contributed by atoms with Gasteiger partial charge < -0.3 is 10.1 Å². The van der Waals surface area contributed by atoms with Crippen LogP contribution in [0.2, 0.25) is 0 Å². The van der Waals surface area contributed by atoms with Gasteiger partial charge in [-0.25, -0.2) is 0 Å². The lowest BCUT2D eigenvalue weighted by atomic mass is 10.1. The molecule has 0 aliphatic rings. The summed E-state index contributed by atoms with van der Waals surface area (Å²) < 4.78 is 5.34. The molecule has 1 aromatic heterocycles. The second-order valence-corrected chi connectivity index (χ2v) is 5.11. The molecule has 0 unspecified atom stereocenters. The van der Waals surface area contributed by atoms with Crippen LogP contribution in [-0.2, 0) is 4.74 Å². The summed E-state index contributed by atoms with van der Waals surface area (Å²) in [5.41, 5.74) is 1.08. The minimum absolute atomic E-state index is 0.0599. The second-order valence-electron chi connectivity index (χ2n) is 5.11. The van der Waals surface area contributed by atoms with Gasteiger partial charge in [-0.05, 0) is 32.0 Å². The summed E-state index contributed by atoms with van der Waals surface area (Å²) in [5, 5.41) is 14.8. The van der Waals surface area contributed by atoms with Gasteiger partial charge in [0.25, 0.3) is 5.69 Å². The zero-order valence-corrected chi connectivity index (χ0v) is 11.7. The maximum absolute atomic E-state index is 11.0. The van der Waals surface area contributed by atoms with Crippen LogP contribution in [0.5, 0.6) is 0 Å². The van der Waals surface area contributed by atoms with E-state index in [1.165, 1.54) is 6.07 Å². The number of hydrogen-bond acceptors (Lipinski definition) is 5. The van der Waals surface area contributed by atoms with Gasteiger partial charge in [-0.2, -0.15) is 0 Å². The highest BCUT2D eigenvalue weighted by Gasteiger charge is 2.18. The summed E-state index contributed by atoms with van der Waals surface area (Å²) >= 11 is 0. The van der Waals surface area contributed by atoms with Gasteiger partial charge in [0.1, 0.15) is 5.52 Å². The van der Waals surface area contributed by atoms with Crippen molar-refractivity contribution < 1.29 is 9.66 Å². The number of hydrogen-bond donors (Lipinski definition) is 1. The van der Waals surface area contributed by atoms with Crippen LogP contribution < -0.4 is 5.32 Å². The molecule has 20 heavy (non-hydrogen) atoms. The van der Waals surface area contributed by atoms with E-state index < -0.39 is 4.92 Å². The molecular formula is C14H17N3O3. The highest BCUT2D eigenvalue weighted by atomic mass is 16.6. The Bertz CT molecular complexity index is 641. The molecule has 1 N–H and O–H groups in total. The average molecular weight is 275 g/mol. The molecule has 0 bridgehead atoms. The smallest absolute Gasteiger partial charge is 0.278 e. The molecule has 0 spiro atoms. The van der Waals surface area contributed by atoms with E-state index >= 15 is 0 Å². The molecule has 0 saturated carbocycles. The van der Waals surface area contributed by atoms with Crippen molar-refractivity contribution in [3.05, 3.63) is 40.6 Å². The topological polar surface area (TPSA) is 77.3 Å². The Morgan fingerprint density at radius 2 is 2.15 bits per heavy atom. The number of nitrogens with zero attached hydrogens (tertiary/aromatic N) is 2. The molecule has 0 amide bonds. The highest BCUT2D eigenvalue weighted by Crippen LogP contribution is 2.30. The number of methoxy groups -OCH3 is 1. The van der Waals surface area contributed by atoms with E-state index in [0.717, 1.165) is 5.69 Å². The lowest BCUT2D eigenvalue weighted by Crippen LogP contribution is -2.32. The van der Waals surface area contributed by atoms with Crippen molar-refractivity contribution in [2.45, 2.75) is 19.4 Å². The van der Waals surface area contributed by atoms with E-state index in [4.69, 9.17) is 4.74 Å². The molecule has 0 radical (unpaired) electrons. The van der Waals surface area contributed by atoms with Crippen LogP contribution in [0, 0.1) is 10.1 Å². The predicted octanol–water partition coefficient (Wildman–Crippen LogP) is 2.98. The van der Waals surface area contributed by atoms with Gasteiger partial charge in [0.05, 0.1) is 21.6 Å². The number of benzene rings is 1. The lowest BCUT2D eigenvalue weighted by molar-refractivity contribution is -0.383. The Kier molecular flexibility index (Phi) is 3.85. The van der Waals surface area contributed by atoms with Gasteiger partial charge in [0, 0.05) is 25.9 Å². The summed E-state index contributed by atoms with van der Waals surface area (Å²) in [6, 6.07) is 6.57. The van der Waals surface area contributed by atoms with Gasteiger partial charge in [0.15, 0.2) is 0 Å². The first-order valence-corrected chi connectivity index (χ1v) is 6.26. The van der Waals surface area contributed by atoms with Crippen molar-refractivity contribution in [2.75, 3.05) is 19.0 Å². The number of pyridine rings is 1. The van der Waals surface area contributed by atoms with Gasteiger partial charge in [-0.15, -0.1) is 0 Å². The molecule has 2 aromatic rings. The number of aromatic nitrogens is 1. The van der Waals surface area contributed by atoms with E-state index in [1.807, 2.05) is 13.8 Å². The predicted molar refractivity (Wildman–Crippen MR) is 78.0 cm³/mol. The Morgan fingerprint density at radius 1 is 1.40 bits per heavy atom. The van der Waals surface area contributed by atoms with Crippen LogP contribution >= 0.6 is 0 Å². The number of ether oxygens (including phenoxy) is 1. The normalized spacial score (nSPS) is 11.6. The summed E-state index contributed by atoms with van der Waals surface area (Å²) in [4.78, 5) is 14.9. The van der Waals surface area contributed by atoms with Crippen molar-refractivity contribution in [1.29, 1.82) is 0 Å². The summed E-state index contributed by atoms with van der Waals surface area (Å²) in [6.45, 7) is 4.50. The SMILES string of the molecule is COC(C)(C)CNc1ccc([N+](=O)[O-])c2cccnc12. The van der Waals surface area contributed by atoms with Crippen LogP contribution in [0.4, 0.5) is 11.4 Å². The summed E-state index contributed by atoms with van der Waals surface area (Å²) in [5.74, 6) is 0. The molecule has 0 saturated heterocycles. The van der Waals surface area contributed by atoms with Crippen molar-refractivity contribution in [3.63, 3.8) is 0 Å². The number of fused-ring (bicyclic) bond motifs is 1. The third-order valence-corrected chi connectivity index (χ3v) is 3.20. The molecule has 0 atom stereocenters.